The molecule has 0 unspecified atom stereocenters. The van der Waals surface area contributed by atoms with Crippen LogP contribution in [0, 0.1) is 0 Å². The number of ether oxygens (including phenoxy) is 1. The van der Waals surface area contributed by atoms with Crippen LogP contribution >= 0.6 is 11.6 Å². The maximum Gasteiger partial charge on any atom is 0.138 e. The van der Waals surface area contributed by atoms with Gasteiger partial charge in [0.05, 0.1) is 6.61 Å². The Morgan fingerprint density at radius 3 is 2.52 bits per heavy atom. The van der Waals surface area contributed by atoms with Gasteiger partial charge in [0.2, 0.25) is 0 Å². The minimum Gasteiger partial charge on any atom is -0.494 e. The smallest absolute Gasteiger partial charge is 0.138 e. The molecule has 2 rings (SSSR count). The molecule has 2 aromatic rings. The molecule has 0 aliphatic rings. The van der Waals surface area contributed by atoms with E-state index in [1.165, 1.54) is 6.33 Å². The summed E-state index contributed by atoms with van der Waals surface area (Å²) in [6.45, 7) is 4.92. The molecule has 0 atom stereocenters. The van der Waals surface area contributed by atoms with E-state index in [4.69, 9.17) is 16.3 Å². The van der Waals surface area contributed by atoms with Crippen LogP contribution in [0.2, 0.25) is 5.15 Å². The van der Waals surface area contributed by atoms with Gasteiger partial charge >= 0.3 is 0 Å². The first kappa shape index (κ1) is 15.6. The topological polar surface area (TPSA) is 47.0 Å². The van der Waals surface area contributed by atoms with E-state index in [9.17, 15) is 0 Å². The molecule has 0 saturated heterocycles. The molecule has 0 fully saturated rings. The maximum absolute atomic E-state index is 6.15. The highest BCUT2D eigenvalue weighted by Crippen LogP contribution is 2.25. The van der Waals surface area contributed by atoms with E-state index in [0.717, 1.165) is 48.7 Å². The van der Waals surface area contributed by atoms with Gasteiger partial charge in [-0.05, 0) is 37.1 Å². The summed E-state index contributed by atoms with van der Waals surface area (Å²) in [5.41, 5.74) is 1.90. The number of rotatable bonds is 7. The Hall–Kier alpha value is -1.81. The Labute approximate surface area is 130 Å². The van der Waals surface area contributed by atoms with E-state index in [1.54, 1.807) is 0 Å². The molecule has 1 heterocycles. The lowest BCUT2D eigenvalue weighted by Gasteiger charge is -2.12. The summed E-state index contributed by atoms with van der Waals surface area (Å²) in [7, 11) is 0. The van der Waals surface area contributed by atoms with Crippen molar-refractivity contribution in [1.29, 1.82) is 0 Å². The first-order chi connectivity index (χ1) is 10.2. The molecule has 4 nitrogen and oxygen atoms in total. The van der Waals surface area contributed by atoms with Crippen molar-refractivity contribution < 1.29 is 4.74 Å². The van der Waals surface area contributed by atoms with Crippen molar-refractivity contribution in [3.63, 3.8) is 0 Å². The van der Waals surface area contributed by atoms with Gasteiger partial charge in [-0.3, -0.25) is 0 Å². The fourth-order valence-electron chi connectivity index (χ4n) is 1.96. The van der Waals surface area contributed by atoms with E-state index >= 15 is 0 Å². The summed E-state index contributed by atoms with van der Waals surface area (Å²) in [5.74, 6) is 1.64. The molecule has 0 bridgehead atoms. The summed E-state index contributed by atoms with van der Waals surface area (Å²) in [6, 6.07) is 7.83. The SMILES string of the molecule is CCCOc1ccc(Nc2ncnc(Cl)c2CCC)cc1. The van der Waals surface area contributed by atoms with Crippen LogP contribution in [0.1, 0.15) is 32.3 Å². The number of aromatic nitrogens is 2. The molecule has 0 spiro atoms. The third-order valence-electron chi connectivity index (χ3n) is 2.98. The Morgan fingerprint density at radius 2 is 1.86 bits per heavy atom. The third kappa shape index (κ3) is 4.33. The Morgan fingerprint density at radius 1 is 1.10 bits per heavy atom. The lowest BCUT2D eigenvalue weighted by molar-refractivity contribution is 0.317. The highest BCUT2D eigenvalue weighted by molar-refractivity contribution is 6.30. The van der Waals surface area contributed by atoms with Gasteiger partial charge in [-0.2, -0.15) is 0 Å². The minimum absolute atomic E-state index is 0.511. The van der Waals surface area contributed by atoms with Crippen molar-refractivity contribution in [3.05, 3.63) is 41.3 Å². The number of anilines is 2. The molecule has 0 radical (unpaired) electrons. The van der Waals surface area contributed by atoms with Crippen LogP contribution in [0.5, 0.6) is 5.75 Å². The second kappa shape index (κ2) is 7.84. The quantitative estimate of drug-likeness (QED) is 0.759. The molecule has 21 heavy (non-hydrogen) atoms. The fourth-order valence-corrected chi connectivity index (χ4v) is 2.19. The number of hydrogen-bond donors (Lipinski definition) is 1. The number of benzene rings is 1. The lowest BCUT2D eigenvalue weighted by Crippen LogP contribution is -2.01. The van der Waals surface area contributed by atoms with Gasteiger partial charge in [0, 0.05) is 11.3 Å². The molecular weight excluding hydrogens is 286 g/mol. The molecule has 0 amide bonds. The molecule has 112 valence electrons. The van der Waals surface area contributed by atoms with Crippen LogP contribution in [0.25, 0.3) is 0 Å². The van der Waals surface area contributed by atoms with Gasteiger partial charge in [0.15, 0.2) is 0 Å². The fraction of sp³-hybridized carbons (Fsp3) is 0.375. The Kier molecular flexibility index (Phi) is 5.81. The maximum atomic E-state index is 6.15. The van der Waals surface area contributed by atoms with Gasteiger partial charge in [-0.25, -0.2) is 9.97 Å². The molecule has 0 aliphatic heterocycles. The van der Waals surface area contributed by atoms with Crippen molar-refractivity contribution in [2.45, 2.75) is 33.1 Å². The van der Waals surface area contributed by atoms with Gasteiger partial charge in [-0.1, -0.05) is 31.9 Å². The number of hydrogen-bond acceptors (Lipinski definition) is 4. The van der Waals surface area contributed by atoms with Crippen LogP contribution in [-0.2, 0) is 6.42 Å². The van der Waals surface area contributed by atoms with E-state index < -0.39 is 0 Å². The predicted molar refractivity (Wildman–Crippen MR) is 86.5 cm³/mol. The van der Waals surface area contributed by atoms with Gasteiger partial charge in [-0.15, -0.1) is 0 Å². The molecule has 1 aromatic heterocycles. The first-order valence-corrected chi connectivity index (χ1v) is 7.61. The number of nitrogens with zero attached hydrogens (tertiary/aromatic N) is 2. The van der Waals surface area contributed by atoms with Crippen molar-refractivity contribution in [1.82, 2.24) is 9.97 Å². The molecule has 0 aliphatic carbocycles. The van der Waals surface area contributed by atoms with Crippen LogP contribution in [0.4, 0.5) is 11.5 Å². The predicted octanol–water partition coefficient (Wildman–Crippen LogP) is 4.61. The van der Waals surface area contributed by atoms with E-state index in [1.807, 2.05) is 24.3 Å². The third-order valence-corrected chi connectivity index (χ3v) is 3.31. The summed E-state index contributed by atoms with van der Waals surface area (Å²) in [4.78, 5) is 8.33. The van der Waals surface area contributed by atoms with E-state index in [0.29, 0.717) is 5.15 Å². The Balaban J connectivity index is 2.12. The van der Waals surface area contributed by atoms with Crippen molar-refractivity contribution in [2.24, 2.45) is 0 Å². The molecule has 1 N–H and O–H groups in total. The van der Waals surface area contributed by atoms with Crippen LogP contribution in [-0.4, -0.2) is 16.6 Å². The average Bonchev–Trinajstić information content (AvgIpc) is 2.50. The van der Waals surface area contributed by atoms with E-state index in [2.05, 4.69) is 29.1 Å². The second-order valence-corrected chi connectivity index (χ2v) is 5.10. The van der Waals surface area contributed by atoms with Crippen LogP contribution < -0.4 is 10.1 Å². The molecular formula is C16H20ClN3O. The molecule has 5 heteroatoms. The minimum atomic E-state index is 0.511. The lowest BCUT2D eigenvalue weighted by atomic mass is 10.2. The number of nitrogens with one attached hydrogen (secondary N) is 1. The zero-order valence-corrected chi connectivity index (χ0v) is 13.2. The van der Waals surface area contributed by atoms with E-state index in [-0.39, 0.29) is 0 Å². The molecule has 1 aromatic carbocycles. The standard InChI is InChI=1S/C16H20ClN3O/c1-3-5-14-15(17)18-11-19-16(14)20-12-6-8-13(9-7-12)21-10-4-2/h6-9,11H,3-5,10H2,1-2H3,(H,18,19,20). The zero-order chi connectivity index (χ0) is 15.1. The second-order valence-electron chi connectivity index (χ2n) is 4.74. The highest BCUT2D eigenvalue weighted by Gasteiger charge is 2.09. The molecule has 0 saturated carbocycles. The Bertz CT molecular complexity index is 572. The summed E-state index contributed by atoms with van der Waals surface area (Å²) in [5, 5.41) is 3.80. The van der Waals surface area contributed by atoms with Crippen molar-refractivity contribution in [2.75, 3.05) is 11.9 Å². The summed E-state index contributed by atoms with van der Waals surface area (Å²) < 4.78 is 5.57. The van der Waals surface area contributed by atoms with Gasteiger partial charge in [0.1, 0.15) is 23.0 Å². The summed E-state index contributed by atoms with van der Waals surface area (Å²) >= 11 is 6.15. The highest BCUT2D eigenvalue weighted by atomic mass is 35.5. The van der Waals surface area contributed by atoms with Crippen molar-refractivity contribution in [3.8, 4) is 5.75 Å². The first-order valence-electron chi connectivity index (χ1n) is 7.23. The van der Waals surface area contributed by atoms with Gasteiger partial charge in [0.25, 0.3) is 0 Å². The largest absolute Gasteiger partial charge is 0.494 e. The average molecular weight is 306 g/mol. The van der Waals surface area contributed by atoms with Crippen LogP contribution in [0.3, 0.4) is 0 Å². The monoisotopic (exact) mass is 305 g/mol. The van der Waals surface area contributed by atoms with Crippen LogP contribution in [0.15, 0.2) is 30.6 Å². The number of halogens is 1. The van der Waals surface area contributed by atoms with Gasteiger partial charge < -0.3 is 10.1 Å². The normalized spacial score (nSPS) is 10.4. The van der Waals surface area contributed by atoms with Crippen molar-refractivity contribution >= 4 is 23.1 Å². The summed E-state index contributed by atoms with van der Waals surface area (Å²) in [6.07, 6.45) is 4.31. The zero-order valence-electron chi connectivity index (χ0n) is 12.4.